The predicted molar refractivity (Wildman–Crippen MR) is 102 cm³/mol. The average molecular weight is 387 g/mol. The molecule has 0 N–H and O–H groups in total. The maximum atomic E-state index is 12.9. The monoisotopic (exact) mass is 387 g/mol. The van der Waals surface area contributed by atoms with Crippen LogP contribution in [0.1, 0.15) is 42.1 Å². The number of ether oxygens (including phenoxy) is 1. The summed E-state index contributed by atoms with van der Waals surface area (Å²) in [5.74, 6) is 0.451. The van der Waals surface area contributed by atoms with Crippen LogP contribution in [-0.4, -0.2) is 53.9 Å². The molecule has 3 heterocycles. The van der Waals surface area contributed by atoms with Crippen molar-refractivity contribution in [3.05, 3.63) is 47.9 Å². The molecule has 2 aliphatic heterocycles. The van der Waals surface area contributed by atoms with E-state index in [1.807, 2.05) is 4.90 Å². The lowest BCUT2D eigenvalue weighted by molar-refractivity contribution is 0.0203. The molecular weight excluding hydrogens is 361 g/mol. The highest BCUT2D eigenvalue weighted by molar-refractivity contribution is 5.92. The number of carbonyl (C=O) groups is 1. The standard InChI is InChI=1S/C21H26FN3O3/c1-24-10-2-8-21(14-24)9-3-11-25(15-21)20(26)18-12-28-19(23-18)13-27-17-6-4-16(22)5-7-17/h4-7,12H,2-3,8-11,13-15H2,1H3/t21-/m1/s1. The van der Waals surface area contributed by atoms with Crippen molar-refractivity contribution in [3.63, 3.8) is 0 Å². The van der Waals surface area contributed by atoms with Gasteiger partial charge in [0.15, 0.2) is 12.3 Å². The minimum absolute atomic E-state index is 0.0796. The molecule has 1 aromatic heterocycles. The van der Waals surface area contributed by atoms with Gasteiger partial charge in [-0.15, -0.1) is 0 Å². The van der Waals surface area contributed by atoms with E-state index in [9.17, 15) is 9.18 Å². The molecule has 7 heteroatoms. The summed E-state index contributed by atoms with van der Waals surface area (Å²) in [5.41, 5.74) is 0.526. The number of piperidine rings is 2. The van der Waals surface area contributed by atoms with Gasteiger partial charge >= 0.3 is 0 Å². The van der Waals surface area contributed by atoms with E-state index in [-0.39, 0.29) is 23.7 Å². The molecule has 1 amide bonds. The molecule has 2 saturated heterocycles. The van der Waals surface area contributed by atoms with Gasteiger partial charge < -0.3 is 19.0 Å². The lowest BCUT2D eigenvalue weighted by Gasteiger charge is -2.47. The molecule has 0 saturated carbocycles. The molecule has 0 aliphatic carbocycles. The number of hydrogen-bond donors (Lipinski definition) is 0. The van der Waals surface area contributed by atoms with Crippen molar-refractivity contribution < 1.29 is 18.3 Å². The summed E-state index contributed by atoms with van der Waals surface area (Å²) in [6, 6.07) is 5.74. The van der Waals surface area contributed by atoms with Crippen molar-refractivity contribution in [1.29, 1.82) is 0 Å². The summed E-state index contributed by atoms with van der Waals surface area (Å²) < 4.78 is 23.9. The van der Waals surface area contributed by atoms with Gasteiger partial charge in [-0.25, -0.2) is 9.37 Å². The van der Waals surface area contributed by atoms with E-state index in [0.717, 1.165) is 32.6 Å². The molecule has 2 aliphatic rings. The van der Waals surface area contributed by atoms with Crippen LogP contribution >= 0.6 is 0 Å². The van der Waals surface area contributed by atoms with Gasteiger partial charge in [0.1, 0.15) is 17.8 Å². The smallest absolute Gasteiger partial charge is 0.275 e. The number of carbonyl (C=O) groups excluding carboxylic acids is 1. The van der Waals surface area contributed by atoms with Crippen LogP contribution < -0.4 is 4.74 Å². The molecule has 28 heavy (non-hydrogen) atoms. The summed E-state index contributed by atoms with van der Waals surface area (Å²) in [4.78, 5) is 21.5. The summed E-state index contributed by atoms with van der Waals surface area (Å²) in [6.07, 6.45) is 5.97. The number of nitrogens with zero attached hydrogens (tertiary/aromatic N) is 3. The molecule has 1 atom stereocenters. The van der Waals surface area contributed by atoms with Crippen molar-refractivity contribution in [1.82, 2.24) is 14.8 Å². The molecule has 6 nitrogen and oxygen atoms in total. The Balaban J connectivity index is 1.37. The highest BCUT2D eigenvalue weighted by atomic mass is 19.1. The van der Waals surface area contributed by atoms with Gasteiger partial charge in [0.05, 0.1) is 0 Å². The summed E-state index contributed by atoms with van der Waals surface area (Å²) in [6.45, 7) is 3.82. The van der Waals surface area contributed by atoms with E-state index in [1.54, 1.807) is 12.1 Å². The maximum absolute atomic E-state index is 12.9. The van der Waals surface area contributed by atoms with Crippen LogP contribution in [-0.2, 0) is 6.61 Å². The fourth-order valence-electron chi connectivity index (χ4n) is 4.48. The van der Waals surface area contributed by atoms with Crippen molar-refractivity contribution >= 4 is 5.91 Å². The van der Waals surface area contributed by atoms with E-state index in [0.29, 0.717) is 17.3 Å². The Bertz CT molecular complexity index is 819. The first-order chi connectivity index (χ1) is 13.5. The Morgan fingerprint density at radius 2 is 1.96 bits per heavy atom. The number of rotatable bonds is 4. The van der Waals surface area contributed by atoms with Gasteiger partial charge in [0.25, 0.3) is 5.91 Å². The minimum Gasteiger partial charge on any atom is -0.484 e. The number of oxazole rings is 1. The first-order valence-electron chi connectivity index (χ1n) is 9.84. The second-order valence-corrected chi connectivity index (χ2v) is 8.04. The third kappa shape index (κ3) is 4.19. The zero-order valence-electron chi connectivity index (χ0n) is 16.2. The molecular formula is C21H26FN3O3. The molecule has 0 bridgehead atoms. The number of benzene rings is 1. The van der Waals surface area contributed by atoms with Crippen LogP contribution in [0.15, 0.2) is 34.9 Å². The topological polar surface area (TPSA) is 58.8 Å². The highest BCUT2D eigenvalue weighted by Crippen LogP contribution is 2.38. The molecule has 2 aromatic rings. The normalized spacial score (nSPS) is 23.1. The van der Waals surface area contributed by atoms with Crippen LogP contribution in [0.3, 0.4) is 0 Å². The number of aromatic nitrogens is 1. The zero-order valence-corrected chi connectivity index (χ0v) is 16.2. The van der Waals surface area contributed by atoms with E-state index < -0.39 is 0 Å². The second kappa shape index (κ2) is 7.91. The molecule has 1 aromatic carbocycles. The van der Waals surface area contributed by atoms with Crippen molar-refractivity contribution in [2.75, 3.05) is 33.2 Å². The average Bonchev–Trinajstić information content (AvgIpc) is 3.16. The van der Waals surface area contributed by atoms with Crippen molar-refractivity contribution in [2.45, 2.75) is 32.3 Å². The molecule has 0 unspecified atom stereocenters. The van der Waals surface area contributed by atoms with Crippen LogP contribution in [0.4, 0.5) is 4.39 Å². The lowest BCUT2D eigenvalue weighted by Crippen LogP contribution is -2.52. The largest absolute Gasteiger partial charge is 0.484 e. The Morgan fingerprint density at radius 3 is 2.71 bits per heavy atom. The van der Waals surface area contributed by atoms with E-state index in [1.165, 1.54) is 37.7 Å². The number of amides is 1. The quantitative estimate of drug-likeness (QED) is 0.805. The fourth-order valence-corrected chi connectivity index (χ4v) is 4.48. The first kappa shape index (κ1) is 18.9. The zero-order chi connectivity index (χ0) is 19.6. The first-order valence-corrected chi connectivity index (χ1v) is 9.84. The third-order valence-corrected chi connectivity index (χ3v) is 5.75. The fraction of sp³-hybridized carbons (Fsp3) is 0.524. The minimum atomic E-state index is -0.320. The Morgan fingerprint density at radius 1 is 1.21 bits per heavy atom. The van der Waals surface area contributed by atoms with Gasteiger partial charge in [-0.05, 0) is 63.5 Å². The molecule has 2 fully saturated rings. The SMILES string of the molecule is CN1CCC[C@@]2(CCCN(C(=O)c3coc(COc4ccc(F)cc4)n3)C2)C1. The van der Waals surface area contributed by atoms with Crippen molar-refractivity contribution in [3.8, 4) is 5.75 Å². The number of hydrogen-bond acceptors (Lipinski definition) is 5. The molecule has 150 valence electrons. The van der Waals surface area contributed by atoms with Gasteiger partial charge in [-0.1, -0.05) is 0 Å². The summed E-state index contributed by atoms with van der Waals surface area (Å²) in [7, 11) is 2.16. The van der Waals surface area contributed by atoms with Crippen LogP contribution in [0.25, 0.3) is 0 Å². The van der Waals surface area contributed by atoms with E-state index >= 15 is 0 Å². The summed E-state index contributed by atoms with van der Waals surface area (Å²) in [5, 5.41) is 0. The molecule has 1 spiro atoms. The second-order valence-electron chi connectivity index (χ2n) is 8.04. The van der Waals surface area contributed by atoms with E-state index in [2.05, 4.69) is 16.9 Å². The van der Waals surface area contributed by atoms with Crippen molar-refractivity contribution in [2.24, 2.45) is 5.41 Å². The van der Waals surface area contributed by atoms with Crippen LogP contribution in [0, 0.1) is 11.2 Å². The van der Waals surface area contributed by atoms with Crippen LogP contribution in [0.5, 0.6) is 5.75 Å². The van der Waals surface area contributed by atoms with Crippen LogP contribution in [0.2, 0.25) is 0 Å². The van der Waals surface area contributed by atoms with Gasteiger partial charge in [0.2, 0.25) is 5.89 Å². The van der Waals surface area contributed by atoms with Gasteiger partial charge in [0, 0.05) is 25.0 Å². The third-order valence-electron chi connectivity index (χ3n) is 5.75. The maximum Gasteiger partial charge on any atom is 0.275 e. The molecule has 4 rings (SSSR count). The Kier molecular flexibility index (Phi) is 5.35. The Hall–Kier alpha value is -2.41. The Labute approximate surface area is 164 Å². The lowest BCUT2D eigenvalue weighted by atomic mass is 9.74. The number of halogens is 1. The highest BCUT2D eigenvalue weighted by Gasteiger charge is 2.40. The van der Waals surface area contributed by atoms with Gasteiger partial charge in [-0.3, -0.25) is 4.79 Å². The van der Waals surface area contributed by atoms with Gasteiger partial charge in [-0.2, -0.15) is 0 Å². The number of likely N-dealkylation sites (tertiary alicyclic amines) is 2. The molecule has 0 radical (unpaired) electrons. The summed E-state index contributed by atoms with van der Waals surface area (Å²) >= 11 is 0. The van der Waals surface area contributed by atoms with E-state index in [4.69, 9.17) is 9.15 Å². The predicted octanol–water partition coefficient (Wildman–Crippen LogP) is 3.34.